The van der Waals surface area contributed by atoms with E-state index >= 15 is 0 Å². The van der Waals surface area contributed by atoms with E-state index in [1.807, 2.05) is 25.1 Å². The molecule has 126 valence electrons. The summed E-state index contributed by atoms with van der Waals surface area (Å²) in [6.07, 6.45) is 1.07. The van der Waals surface area contributed by atoms with Gasteiger partial charge in [0.1, 0.15) is 0 Å². The van der Waals surface area contributed by atoms with Crippen LogP contribution in [0.4, 0.5) is 0 Å². The average molecular weight is 320 g/mol. The number of carbonyl (C=O) groups is 1. The van der Waals surface area contributed by atoms with E-state index in [9.17, 15) is 4.79 Å². The molecule has 0 fully saturated rings. The number of benzene rings is 1. The van der Waals surface area contributed by atoms with E-state index < -0.39 is 0 Å². The second kappa shape index (κ2) is 8.87. The molecular weight excluding hydrogens is 296 g/mol. The summed E-state index contributed by atoms with van der Waals surface area (Å²) in [6, 6.07) is 5.64. The zero-order valence-corrected chi connectivity index (χ0v) is 13.6. The normalized spacial score (nSPS) is 13.6. The smallest absolute Gasteiger partial charge is 0.257 e. The monoisotopic (exact) mass is 320 g/mol. The molecule has 0 spiro atoms. The Morgan fingerprint density at radius 3 is 2.96 bits per heavy atom. The van der Waals surface area contributed by atoms with Crippen LogP contribution < -0.4 is 25.4 Å². The van der Waals surface area contributed by atoms with Crippen molar-refractivity contribution in [3.05, 3.63) is 23.8 Å². The van der Waals surface area contributed by atoms with Crippen LogP contribution in [0.5, 0.6) is 11.5 Å². The van der Waals surface area contributed by atoms with Gasteiger partial charge in [0.2, 0.25) is 0 Å². The lowest BCUT2D eigenvalue weighted by Gasteiger charge is -2.17. The molecule has 0 atom stereocenters. The fraction of sp³-hybridized carbons (Fsp3) is 0.500. The van der Waals surface area contributed by atoms with Gasteiger partial charge in [0.25, 0.3) is 5.91 Å². The van der Waals surface area contributed by atoms with Crippen LogP contribution >= 0.6 is 0 Å². The van der Waals surface area contributed by atoms with E-state index in [-0.39, 0.29) is 12.5 Å². The number of ether oxygens (including phenoxy) is 2. The van der Waals surface area contributed by atoms with Crippen LogP contribution in [0.3, 0.4) is 0 Å². The van der Waals surface area contributed by atoms with Gasteiger partial charge in [0, 0.05) is 26.2 Å². The van der Waals surface area contributed by atoms with Gasteiger partial charge in [-0.1, -0.05) is 6.07 Å². The molecule has 23 heavy (non-hydrogen) atoms. The number of hydrogen-bond acceptors (Lipinski definition) is 6. The highest BCUT2D eigenvalue weighted by Gasteiger charge is 2.09. The van der Waals surface area contributed by atoms with Crippen molar-refractivity contribution in [3.8, 4) is 11.5 Å². The molecule has 1 heterocycles. The van der Waals surface area contributed by atoms with Gasteiger partial charge in [-0.15, -0.1) is 0 Å². The van der Waals surface area contributed by atoms with Gasteiger partial charge in [-0.3, -0.25) is 9.79 Å². The highest BCUT2D eigenvalue weighted by atomic mass is 16.5. The van der Waals surface area contributed by atoms with Gasteiger partial charge in [-0.25, -0.2) is 0 Å². The van der Waals surface area contributed by atoms with Gasteiger partial charge in [-0.2, -0.15) is 0 Å². The number of likely N-dealkylation sites (N-methyl/N-ethyl adjacent to an activating group) is 1. The Morgan fingerprint density at radius 1 is 1.39 bits per heavy atom. The predicted molar refractivity (Wildman–Crippen MR) is 88.9 cm³/mol. The summed E-state index contributed by atoms with van der Waals surface area (Å²) < 4.78 is 10.8. The maximum absolute atomic E-state index is 11.5. The molecule has 0 saturated carbocycles. The molecule has 7 heteroatoms. The van der Waals surface area contributed by atoms with E-state index in [1.165, 1.54) is 0 Å². The molecule has 0 unspecified atom stereocenters. The number of nitrogens with zero attached hydrogens (tertiary/aromatic N) is 1. The van der Waals surface area contributed by atoms with Crippen LogP contribution in [-0.4, -0.2) is 45.2 Å². The summed E-state index contributed by atoms with van der Waals surface area (Å²) in [5.74, 6) is 1.83. The lowest BCUT2D eigenvalue weighted by Crippen LogP contribution is -2.40. The van der Waals surface area contributed by atoms with E-state index in [4.69, 9.17) is 9.47 Å². The minimum Gasteiger partial charge on any atom is -0.493 e. The van der Waals surface area contributed by atoms with Gasteiger partial charge in [0.05, 0.1) is 7.11 Å². The maximum atomic E-state index is 11.5. The molecule has 1 aromatic rings. The molecule has 3 N–H and O–H groups in total. The van der Waals surface area contributed by atoms with Crippen LogP contribution in [0.25, 0.3) is 0 Å². The molecule has 7 nitrogen and oxygen atoms in total. The highest BCUT2D eigenvalue weighted by Crippen LogP contribution is 2.28. The molecule has 1 aliphatic heterocycles. The van der Waals surface area contributed by atoms with Crippen molar-refractivity contribution in [2.75, 3.05) is 33.4 Å². The number of rotatable bonds is 7. The second-order valence-electron chi connectivity index (χ2n) is 5.09. The number of carbonyl (C=O) groups excluding carboxylic acids is 1. The maximum Gasteiger partial charge on any atom is 0.257 e. The van der Waals surface area contributed by atoms with Gasteiger partial charge in [0.15, 0.2) is 24.1 Å². The van der Waals surface area contributed by atoms with Gasteiger partial charge >= 0.3 is 0 Å². The van der Waals surface area contributed by atoms with Crippen molar-refractivity contribution < 1.29 is 14.3 Å². The number of hydrogen-bond donors (Lipinski definition) is 3. The minimum atomic E-state index is -0.151. The van der Waals surface area contributed by atoms with Crippen molar-refractivity contribution in [1.82, 2.24) is 16.0 Å². The van der Waals surface area contributed by atoms with Crippen LogP contribution in [0.2, 0.25) is 0 Å². The second-order valence-corrected chi connectivity index (χ2v) is 5.09. The number of guanidine groups is 1. The van der Waals surface area contributed by atoms with E-state index in [0.717, 1.165) is 31.0 Å². The Hall–Kier alpha value is -2.44. The number of amides is 1. The Balaban J connectivity index is 1.92. The Morgan fingerprint density at radius 2 is 2.26 bits per heavy atom. The van der Waals surface area contributed by atoms with Crippen LogP contribution in [0, 0.1) is 0 Å². The van der Waals surface area contributed by atoms with Crippen molar-refractivity contribution in [1.29, 1.82) is 0 Å². The third kappa shape index (κ3) is 5.36. The van der Waals surface area contributed by atoms with E-state index in [0.29, 0.717) is 24.6 Å². The van der Waals surface area contributed by atoms with Gasteiger partial charge in [-0.05, 0) is 31.0 Å². The van der Waals surface area contributed by atoms with Crippen molar-refractivity contribution in [2.24, 2.45) is 4.99 Å². The first-order valence-corrected chi connectivity index (χ1v) is 7.81. The molecule has 0 saturated heterocycles. The molecule has 1 amide bonds. The lowest BCUT2D eigenvalue weighted by atomic mass is 10.2. The molecule has 2 rings (SSSR count). The third-order valence-electron chi connectivity index (χ3n) is 3.32. The summed E-state index contributed by atoms with van der Waals surface area (Å²) in [5.41, 5.74) is 1.04. The molecule has 0 aromatic heterocycles. The highest BCUT2D eigenvalue weighted by molar-refractivity contribution is 5.80. The van der Waals surface area contributed by atoms with Gasteiger partial charge < -0.3 is 25.4 Å². The fourth-order valence-electron chi connectivity index (χ4n) is 2.17. The quantitative estimate of drug-likeness (QED) is 0.687. The van der Waals surface area contributed by atoms with Crippen LogP contribution in [0.15, 0.2) is 23.2 Å². The molecule has 1 aromatic carbocycles. The summed E-state index contributed by atoms with van der Waals surface area (Å²) in [6.45, 7) is 4.86. The molecular formula is C16H24N4O3. The SMILES string of the molecule is CCNC(=O)COc1ccc(CNC2=NCCCN2)cc1OC. The predicted octanol–water partition coefficient (Wildman–Crippen LogP) is 0.649. The third-order valence-corrected chi connectivity index (χ3v) is 3.32. The summed E-state index contributed by atoms with van der Waals surface area (Å²) in [4.78, 5) is 15.8. The first-order valence-electron chi connectivity index (χ1n) is 7.81. The fourth-order valence-corrected chi connectivity index (χ4v) is 2.17. The Bertz CT molecular complexity index is 560. The molecule has 0 aliphatic carbocycles. The number of nitrogens with one attached hydrogen (secondary N) is 3. The zero-order valence-electron chi connectivity index (χ0n) is 13.6. The molecule has 1 aliphatic rings. The standard InChI is InChI=1S/C16H24N4O3/c1-3-17-15(21)11-23-13-6-5-12(9-14(13)22-2)10-20-16-18-7-4-8-19-16/h5-6,9H,3-4,7-8,10-11H2,1-2H3,(H,17,21)(H2,18,19,20). The van der Waals surface area contributed by atoms with E-state index in [1.54, 1.807) is 7.11 Å². The molecule has 0 bridgehead atoms. The minimum absolute atomic E-state index is 0.0253. The lowest BCUT2D eigenvalue weighted by molar-refractivity contribution is -0.123. The van der Waals surface area contributed by atoms with Crippen LogP contribution in [-0.2, 0) is 11.3 Å². The Labute approximate surface area is 136 Å². The number of methoxy groups -OCH3 is 1. The van der Waals surface area contributed by atoms with Crippen LogP contribution in [0.1, 0.15) is 18.9 Å². The largest absolute Gasteiger partial charge is 0.493 e. The summed E-state index contributed by atoms with van der Waals surface area (Å²) in [5, 5.41) is 9.15. The van der Waals surface area contributed by atoms with E-state index in [2.05, 4.69) is 20.9 Å². The summed E-state index contributed by atoms with van der Waals surface area (Å²) >= 11 is 0. The first kappa shape index (κ1) is 16.9. The average Bonchev–Trinajstić information content (AvgIpc) is 2.59. The molecule has 0 radical (unpaired) electrons. The zero-order chi connectivity index (χ0) is 16.5. The van der Waals surface area contributed by atoms with Crippen molar-refractivity contribution in [3.63, 3.8) is 0 Å². The first-order chi connectivity index (χ1) is 11.2. The van der Waals surface area contributed by atoms with Crippen molar-refractivity contribution in [2.45, 2.75) is 19.9 Å². The topological polar surface area (TPSA) is 84.0 Å². The summed E-state index contributed by atoms with van der Waals surface area (Å²) in [7, 11) is 1.58. The Kier molecular flexibility index (Phi) is 6.53. The number of aliphatic imine (C=N–C) groups is 1. The van der Waals surface area contributed by atoms with Crippen molar-refractivity contribution >= 4 is 11.9 Å².